The molecule has 0 spiro atoms. The predicted molar refractivity (Wildman–Crippen MR) is 45.3 cm³/mol. The summed E-state index contributed by atoms with van der Waals surface area (Å²) in [5.41, 5.74) is 0. The first kappa shape index (κ1) is 13.9. The molecule has 5 nitrogen and oxygen atoms in total. The van der Waals surface area contributed by atoms with Crippen molar-refractivity contribution < 1.29 is 25.3 Å². The molecular formula is C6H11O5P. The first-order valence-electron chi connectivity index (χ1n) is 2.72. The second-order valence-corrected chi connectivity index (χ2v) is 3.48. The van der Waals surface area contributed by atoms with Gasteiger partial charge in [0.1, 0.15) is 0 Å². The molecule has 0 aliphatic rings. The third-order valence-electron chi connectivity index (χ3n) is 1.09. The molecule has 6 heteroatoms. The molecule has 1 aromatic rings. The lowest BCUT2D eigenvalue weighted by molar-refractivity contribution is 0.387. The second-order valence-electron chi connectivity index (χ2n) is 1.88. The zero-order valence-electron chi connectivity index (χ0n) is 6.14. The maximum absolute atomic E-state index is 10.5. The highest BCUT2D eigenvalue weighted by atomic mass is 31.2. The topological polar surface area (TPSA) is 121 Å². The second kappa shape index (κ2) is 5.03. The van der Waals surface area contributed by atoms with Crippen molar-refractivity contribution in [1.82, 2.24) is 0 Å². The smallest absolute Gasteiger partial charge is 0.356 e. The monoisotopic (exact) mass is 194 g/mol. The van der Waals surface area contributed by atoms with E-state index in [1.165, 1.54) is 12.1 Å². The summed E-state index contributed by atoms with van der Waals surface area (Å²) in [5, 5.41) is 0.0648. The Bertz CT molecular complexity index is 254. The average Bonchev–Trinajstić information content (AvgIpc) is 1.88. The summed E-state index contributed by atoms with van der Waals surface area (Å²) >= 11 is 0. The molecule has 70 valence electrons. The van der Waals surface area contributed by atoms with Crippen molar-refractivity contribution in [3.8, 4) is 0 Å². The van der Waals surface area contributed by atoms with Crippen molar-refractivity contribution in [2.24, 2.45) is 0 Å². The van der Waals surface area contributed by atoms with Gasteiger partial charge in [-0.2, -0.15) is 0 Å². The van der Waals surface area contributed by atoms with Crippen molar-refractivity contribution in [2.45, 2.75) is 0 Å². The third kappa shape index (κ3) is 3.61. The number of rotatable bonds is 1. The molecule has 0 heterocycles. The lowest BCUT2D eigenvalue weighted by Crippen LogP contribution is -2.01. The van der Waals surface area contributed by atoms with Crippen molar-refractivity contribution in [3.05, 3.63) is 30.3 Å². The Hall–Kier alpha value is -0.710. The van der Waals surface area contributed by atoms with Gasteiger partial charge in [0.15, 0.2) is 0 Å². The van der Waals surface area contributed by atoms with E-state index in [9.17, 15) is 4.57 Å². The Morgan fingerprint density at radius 2 is 1.42 bits per heavy atom. The van der Waals surface area contributed by atoms with Crippen LogP contribution in [0.25, 0.3) is 0 Å². The molecule has 0 fully saturated rings. The van der Waals surface area contributed by atoms with Crippen LogP contribution in [0.1, 0.15) is 0 Å². The Morgan fingerprint density at radius 3 is 1.67 bits per heavy atom. The van der Waals surface area contributed by atoms with Crippen LogP contribution in [0.3, 0.4) is 0 Å². The molecule has 0 aliphatic carbocycles. The van der Waals surface area contributed by atoms with E-state index in [4.69, 9.17) is 9.79 Å². The minimum atomic E-state index is -4.02. The molecule has 1 rings (SSSR count). The van der Waals surface area contributed by atoms with Gasteiger partial charge in [0.2, 0.25) is 0 Å². The van der Waals surface area contributed by atoms with Crippen LogP contribution in [0.2, 0.25) is 0 Å². The van der Waals surface area contributed by atoms with Crippen LogP contribution in [0, 0.1) is 0 Å². The minimum Gasteiger partial charge on any atom is -0.412 e. The van der Waals surface area contributed by atoms with Crippen LogP contribution >= 0.6 is 7.60 Å². The van der Waals surface area contributed by atoms with E-state index in [0.29, 0.717) is 0 Å². The van der Waals surface area contributed by atoms with Crippen LogP contribution in [-0.4, -0.2) is 20.7 Å². The quantitative estimate of drug-likeness (QED) is 0.548. The van der Waals surface area contributed by atoms with Crippen molar-refractivity contribution >= 4 is 12.9 Å². The summed E-state index contributed by atoms with van der Waals surface area (Å²) < 4.78 is 10.5. The molecule has 0 bridgehead atoms. The standard InChI is InChI=1S/C6H7O3P.2H2O/c7-10(8,9)6-4-2-1-3-5-6;;/h1-5H,(H2,7,8,9);2*1H2. The van der Waals surface area contributed by atoms with Crippen LogP contribution in [-0.2, 0) is 4.57 Å². The van der Waals surface area contributed by atoms with Gasteiger partial charge >= 0.3 is 7.60 Å². The zero-order chi connectivity index (χ0) is 7.61. The maximum Gasteiger partial charge on any atom is 0.356 e. The molecule has 0 aromatic heterocycles. The molecule has 0 amide bonds. The maximum atomic E-state index is 10.5. The van der Waals surface area contributed by atoms with E-state index in [0.717, 1.165) is 0 Å². The Labute approximate surface area is 69.4 Å². The summed E-state index contributed by atoms with van der Waals surface area (Å²) in [6, 6.07) is 7.70. The molecule has 0 aliphatic heterocycles. The SMILES string of the molecule is O.O.O=P(O)(O)c1ccccc1. The minimum absolute atomic E-state index is 0. The molecule has 6 N–H and O–H groups in total. The first-order chi connectivity index (χ1) is 4.61. The van der Waals surface area contributed by atoms with E-state index < -0.39 is 7.60 Å². The van der Waals surface area contributed by atoms with Crippen molar-refractivity contribution in [2.75, 3.05) is 0 Å². The van der Waals surface area contributed by atoms with Gasteiger partial charge in [0, 0.05) is 0 Å². The highest BCUT2D eigenvalue weighted by Crippen LogP contribution is 2.32. The Balaban J connectivity index is 0. The van der Waals surface area contributed by atoms with Crippen LogP contribution < -0.4 is 5.30 Å². The summed E-state index contributed by atoms with van der Waals surface area (Å²) in [4.78, 5) is 17.2. The zero-order valence-corrected chi connectivity index (χ0v) is 7.03. The lowest BCUT2D eigenvalue weighted by atomic mass is 10.4. The van der Waals surface area contributed by atoms with Crippen molar-refractivity contribution in [3.63, 3.8) is 0 Å². The molecule has 0 atom stereocenters. The van der Waals surface area contributed by atoms with Gasteiger partial charge in [-0.15, -0.1) is 0 Å². The van der Waals surface area contributed by atoms with Gasteiger partial charge in [0.25, 0.3) is 0 Å². The molecule has 1 aromatic carbocycles. The fraction of sp³-hybridized carbons (Fsp3) is 0. The highest BCUT2D eigenvalue weighted by molar-refractivity contribution is 7.60. The summed E-state index contributed by atoms with van der Waals surface area (Å²) in [6.07, 6.45) is 0. The van der Waals surface area contributed by atoms with Crippen LogP contribution in [0.5, 0.6) is 0 Å². The highest BCUT2D eigenvalue weighted by Gasteiger charge is 2.14. The number of hydrogen-bond acceptors (Lipinski definition) is 1. The summed E-state index contributed by atoms with van der Waals surface area (Å²) in [7, 11) is -4.02. The van der Waals surface area contributed by atoms with E-state index in [2.05, 4.69) is 0 Å². The predicted octanol–water partition coefficient (Wildman–Crippen LogP) is -1.16. The third-order valence-corrected chi connectivity index (χ3v) is 2.06. The normalized spacial score (nSPS) is 9.50. The van der Waals surface area contributed by atoms with Crippen LogP contribution in [0.15, 0.2) is 30.3 Å². The molecular weight excluding hydrogens is 183 g/mol. The van der Waals surface area contributed by atoms with E-state index in [-0.39, 0.29) is 16.3 Å². The van der Waals surface area contributed by atoms with Gasteiger partial charge in [-0.1, -0.05) is 18.2 Å². The molecule has 12 heavy (non-hydrogen) atoms. The van der Waals surface area contributed by atoms with Crippen molar-refractivity contribution in [1.29, 1.82) is 0 Å². The lowest BCUT2D eigenvalue weighted by Gasteiger charge is -2.00. The molecule has 0 radical (unpaired) electrons. The summed E-state index contributed by atoms with van der Waals surface area (Å²) in [6.45, 7) is 0. The Morgan fingerprint density at radius 1 is 1.00 bits per heavy atom. The molecule has 0 saturated carbocycles. The van der Waals surface area contributed by atoms with Gasteiger partial charge in [-0.3, -0.25) is 4.57 Å². The fourth-order valence-corrected chi connectivity index (χ4v) is 1.18. The molecule has 0 unspecified atom stereocenters. The van der Waals surface area contributed by atoms with Gasteiger partial charge < -0.3 is 20.7 Å². The van der Waals surface area contributed by atoms with Gasteiger partial charge in [-0.25, -0.2) is 0 Å². The van der Waals surface area contributed by atoms with Crippen LogP contribution in [0.4, 0.5) is 0 Å². The largest absolute Gasteiger partial charge is 0.412 e. The Kier molecular flexibility index (Phi) is 5.80. The average molecular weight is 194 g/mol. The van der Waals surface area contributed by atoms with Gasteiger partial charge in [-0.05, 0) is 12.1 Å². The van der Waals surface area contributed by atoms with E-state index >= 15 is 0 Å². The van der Waals surface area contributed by atoms with Gasteiger partial charge in [0.05, 0.1) is 5.30 Å². The number of benzene rings is 1. The number of hydrogen-bond donors (Lipinski definition) is 2. The first-order valence-corrected chi connectivity index (χ1v) is 4.33. The summed E-state index contributed by atoms with van der Waals surface area (Å²) in [5.74, 6) is 0. The molecule has 0 saturated heterocycles. The van der Waals surface area contributed by atoms with E-state index in [1.54, 1.807) is 18.2 Å². The fourth-order valence-electron chi connectivity index (χ4n) is 0.622. The van der Waals surface area contributed by atoms with E-state index in [1.807, 2.05) is 0 Å².